The van der Waals surface area contributed by atoms with Crippen molar-refractivity contribution in [2.24, 2.45) is 23.7 Å². The van der Waals surface area contributed by atoms with Crippen LogP contribution in [-0.2, 0) is 4.12 Å². The fourth-order valence-electron chi connectivity index (χ4n) is 7.87. The van der Waals surface area contributed by atoms with E-state index in [9.17, 15) is 0 Å². The van der Waals surface area contributed by atoms with Gasteiger partial charge in [-0.1, -0.05) is 23.3 Å². The molecule has 3 heteroatoms. The van der Waals surface area contributed by atoms with Crippen LogP contribution in [0.1, 0.15) is 52.4 Å². The normalized spacial score (nSPS) is 43.8. The van der Waals surface area contributed by atoms with Crippen LogP contribution in [0.25, 0.3) is 0 Å². The zero-order valence-corrected chi connectivity index (χ0v) is 19.3. The Morgan fingerprint density at radius 1 is 0.720 bits per heavy atom. The Morgan fingerprint density at radius 2 is 1.12 bits per heavy atom. The van der Waals surface area contributed by atoms with Crippen molar-refractivity contribution >= 4 is 16.6 Å². The van der Waals surface area contributed by atoms with Gasteiger partial charge in [0.25, 0.3) is 0 Å². The molecule has 4 rings (SSSR count). The monoisotopic (exact) mass is 374 g/mol. The maximum atomic E-state index is 7.36. The first kappa shape index (κ1) is 18.2. The van der Waals surface area contributed by atoms with Gasteiger partial charge in [-0.2, -0.15) is 0 Å². The Kier molecular flexibility index (Phi) is 4.53. The molecule has 0 aliphatic heterocycles. The van der Waals surface area contributed by atoms with Crippen molar-refractivity contribution in [3.63, 3.8) is 0 Å². The van der Waals surface area contributed by atoms with E-state index in [0.29, 0.717) is 0 Å². The first-order valence-corrected chi connectivity index (χ1v) is 16.8. The van der Waals surface area contributed by atoms with Gasteiger partial charge in [0.05, 0.1) is 0 Å². The lowest BCUT2D eigenvalue weighted by Gasteiger charge is -2.46. The van der Waals surface area contributed by atoms with Gasteiger partial charge in [-0.25, -0.2) is 0 Å². The van der Waals surface area contributed by atoms with Crippen LogP contribution >= 0.6 is 0 Å². The Morgan fingerprint density at radius 3 is 1.48 bits per heavy atom. The molecule has 4 aliphatic rings. The maximum absolute atomic E-state index is 7.36. The molecular weight excluding hydrogens is 336 g/mol. The summed E-state index contributed by atoms with van der Waals surface area (Å²) >= 11 is 0. The van der Waals surface area contributed by atoms with Crippen LogP contribution in [0.5, 0.6) is 0 Å². The summed E-state index contributed by atoms with van der Waals surface area (Å²) in [7, 11) is -3.43. The molecule has 1 nitrogen and oxygen atoms in total. The number of allylic oxidation sites excluding steroid dienone is 4. The van der Waals surface area contributed by atoms with Crippen LogP contribution in [0.4, 0.5) is 0 Å². The van der Waals surface area contributed by atoms with Gasteiger partial charge < -0.3 is 4.12 Å². The molecule has 0 aromatic heterocycles. The summed E-state index contributed by atoms with van der Waals surface area (Å²) in [4.78, 5) is 0. The van der Waals surface area contributed by atoms with Gasteiger partial charge in [-0.15, -0.1) is 0 Å². The van der Waals surface area contributed by atoms with Crippen molar-refractivity contribution in [3.8, 4) is 0 Å². The van der Waals surface area contributed by atoms with Gasteiger partial charge in [0.2, 0.25) is 0 Å². The molecule has 0 spiro atoms. The molecular formula is C22H38OSi2. The average molecular weight is 375 g/mol. The molecule has 0 amide bonds. The van der Waals surface area contributed by atoms with Crippen LogP contribution in [0.2, 0.25) is 37.3 Å². The fraction of sp³-hybridized carbons (Fsp3) is 0.818. The third-order valence-corrected chi connectivity index (χ3v) is 17.1. The number of fused-ring (bicyclic) bond motifs is 4. The van der Waals surface area contributed by atoms with E-state index in [2.05, 4.69) is 52.2 Å². The molecule has 4 fully saturated rings. The van der Waals surface area contributed by atoms with E-state index in [1.165, 1.54) is 38.5 Å². The molecule has 0 saturated heterocycles. The summed E-state index contributed by atoms with van der Waals surface area (Å²) in [6.45, 7) is 14.8. The average Bonchev–Trinajstić information content (AvgIpc) is 3.30. The molecule has 0 N–H and O–H groups in total. The minimum Gasteiger partial charge on any atom is -0.455 e. The number of hydrogen-bond acceptors (Lipinski definition) is 1. The van der Waals surface area contributed by atoms with Crippen LogP contribution in [0, 0.1) is 23.7 Å². The highest BCUT2D eigenvalue weighted by molar-refractivity contribution is 6.87. The van der Waals surface area contributed by atoms with Crippen molar-refractivity contribution < 1.29 is 4.12 Å². The first-order chi connectivity index (χ1) is 11.8. The minimum atomic E-state index is -1.71. The molecule has 4 bridgehead atoms. The summed E-state index contributed by atoms with van der Waals surface area (Å²) in [6, 6.07) is 0. The largest absolute Gasteiger partial charge is 0.455 e. The van der Waals surface area contributed by atoms with E-state index < -0.39 is 16.6 Å². The van der Waals surface area contributed by atoms with Crippen molar-refractivity contribution in [3.05, 3.63) is 23.3 Å². The molecule has 0 aromatic carbocycles. The second kappa shape index (κ2) is 6.20. The van der Waals surface area contributed by atoms with E-state index in [4.69, 9.17) is 4.12 Å². The summed E-state index contributed by atoms with van der Waals surface area (Å²) in [5, 5.41) is 0. The molecule has 0 heterocycles. The van der Waals surface area contributed by atoms with E-state index in [-0.39, 0.29) is 0 Å². The predicted octanol–water partition coefficient (Wildman–Crippen LogP) is 6.91. The minimum absolute atomic E-state index is 0.802. The molecule has 6 atom stereocenters. The molecule has 25 heavy (non-hydrogen) atoms. The second-order valence-electron chi connectivity index (χ2n) is 10.4. The van der Waals surface area contributed by atoms with Crippen LogP contribution < -0.4 is 0 Å². The third kappa shape index (κ3) is 2.80. The Balaban J connectivity index is 1.58. The standard InChI is InChI=1S/C22H38OSi2/c1-7-19-15-9-11-17(13-15)21(19)24(3,4)23-25(5,6)22-18-12-10-16(14-18)20(22)8-2/h7-8,15-18,21-22H,9-14H2,1-6H3. The Labute approximate surface area is 157 Å². The Hall–Kier alpha value is -0.126. The fourth-order valence-corrected chi connectivity index (χ4v) is 19.6. The van der Waals surface area contributed by atoms with Gasteiger partial charge in [-0.3, -0.25) is 0 Å². The first-order valence-electron chi connectivity index (χ1n) is 10.8. The SMILES string of the molecule is CC=C1C2CCC(C2)C1[Si](C)(C)O[Si](C)(C)C1C(=CC)C2CCC1C2. The van der Waals surface area contributed by atoms with Gasteiger partial charge in [0, 0.05) is 11.1 Å². The van der Waals surface area contributed by atoms with Crippen LogP contribution in [-0.4, -0.2) is 16.6 Å². The summed E-state index contributed by atoms with van der Waals surface area (Å²) < 4.78 is 7.36. The van der Waals surface area contributed by atoms with E-state index in [1.54, 1.807) is 11.1 Å². The van der Waals surface area contributed by atoms with Gasteiger partial charge in [0.15, 0.2) is 16.6 Å². The predicted molar refractivity (Wildman–Crippen MR) is 113 cm³/mol. The van der Waals surface area contributed by atoms with Gasteiger partial charge >= 0.3 is 0 Å². The van der Waals surface area contributed by atoms with Crippen molar-refractivity contribution in [1.82, 2.24) is 0 Å². The lowest BCUT2D eigenvalue weighted by Crippen LogP contribution is -2.52. The smallest absolute Gasteiger partial charge is 0.180 e. The van der Waals surface area contributed by atoms with E-state index in [1.807, 2.05) is 0 Å². The van der Waals surface area contributed by atoms with E-state index >= 15 is 0 Å². The van der Waals surface area contributed by atoms with Crippen LogP contribution in [0.15, 0.2) is 23.3 Å². The van der Waals surface area contributed by atoms with E-state index in [0.717, 1.165) is 34.8 Å². The topological polar surface area (TPSA) is 9.23 Å². The lowest BCUT2D eigenvalue weighted by molar-refractivity contribution is 0.437. The molecule has 0 aromatic rings. The summed E-state index contributed by atoms with van der Waals surface area (Å²) in [6.07, 6.45) is 13.7. The lowest BCUT2D eigenvalue weighted by atomic mass is 9.94. The van der Waals surface area contributed by atoms with Crippen molar-refractivity contribution in [2.75, 3.05) is 0 Å². The third-order valence-electron chi connectivity index (χ3n) is 8.24. The molecule has 6 unspecified atom stereocenters. The summed E-state index contributed by atoms with van der Waals surface area (Å²) in [5.74, 6) is 3.66. The van der Waals surface area contributed by atoms with Gasteiger partial charge in [0.1, 0.15) is 0 Å². The van der Waals surface area contributed by atoms with Crippen molar-refractivity contribution in [2.45, 2.75) is 89.6 Å². The molecule has 4 saturated carbocycles. The van der Waals surface area contributed by atoms with Crippen LogP contribution in [0.3, 0.4) is 0 Å². The summed E-state index contributed by atoms with van der Waals surface area (Å²) in [5.41, 5.74) is 5.18. The second-order valence-corrected chi connectivity index (χ2v) is 18.9. The number of rotatable bonds is 4. The molecule has 0 radical (unpaired) electrons. The molecule has 4 aliphatic carbocycles. The quantitative estimate of drug-likeness (QED) is 0.384. The Bertz CT molecular complexity index is 551. The highest BCUT2D eigenvalue weighted by Gasteiger charge is 2.56. The number of hydrogen-bond donors (Lipinski definition) is 0. The van der Waals surface area contributed by atoms with Gasteiger partial charge in [-0.05, 0) is 102 Å². The highest BCUT2D eigenvalue weighted by atomic mass is 28.4. The maximum Gasteiger partial charge on any atom is 0.180 e. The zero-order chi connectivity index (χ0) is 18.0. The van der Waals surface area contributed by atoms with Crippen molar-refractivity contribution in [1.29, 1.82) is 0 Å². The molecule has 140 valence electrons. The zero-order valence-electron chi connectivity index (χ0n) is 17.3. The highest BCUT2D eigenvalue weighted by Crippen LogP contribution is 2.62.